The molecule has 4 heteroatoms. The highest BCUT2D eigenvalue weighted by Gasteiger charge is 2.22. The lowest BCUT2D eigenvalue weighted by atomic mass is 9.94. The van der Waals surface area contributed by atoms with E-state index in [9.17, 15) is 9.90 Å². The van der Waals surface area contributed by atoms with E-state index < -0.39 is 0 Å². The largest absolute Gasteiger partial charge is 0.507 e. The number of phenolic OH excluding ortho intramolecular Hbond substituents is 1. The van der Waals surface area contributed by atoms with Crippen LogP contribution in [0.5, 0.6) is 11.5 Å². The van der Waals surface area contributed by atoms with Gasteiger partial charge in [0.1, 0.15) is 18.1 Å². The molecule has 1 amide bonds. The molecule has 0 saturated carbocycles. The Bertz CT molecular complexity index is 840. The van der Waals surface area contributed by atoms with Gasteiger partial charge in [-0.15, -0.1) is 0 Å². The number of rotatable bonds is 5. The normalized spacial score (nSPS) is 14.3. The zero-order valence-electron chi connectivity index (χ0n) is 14.9. The maximum absolute atomic E-state index is 11.8. The van der Waals surface area contributed by atoms with Crippen LogP contribution in [0.15, 0.2) is 60.7 Å². The van der Waals surface area contributed by atoms with Crippen molar-refractivity contribution in [3.8, 4) is 11.5 Å². The summed E-state index contributed by atoms with van der Waals surface area (Å²) in [6.45, 7) is 7.05. The van der Waals surface area contributed by atoms with E-state index in [2.05, 4.69) is 18.7 Å². The quantitative estimate of drug-likeness (QED) is 0.883. The molecule has 0 radical (unpaired) electrons. The van der Waals surface area contributed by atoms with Crippen LogP contribution in [0.1, 0.15) is 24.5 Å². The van der Waals surface area contributed by atoms with Gasteiger partial charge in [-0.05, 0) is 35.3 Å². The number of ether oxygens (including phenoxy) is 1. The fraction of sp³-hybridized carbons (Fsp3) is 0.227. The van der Waals surface area contributed by atoms with Crippen molar-refractivity contribution in [1.82, 2.24) is 4.90 Å². The Morgan fingerprint density at radius 1 is 1.23 bits per heavy atom. The number of carbonyl (C=O) groups is 1. The number of aromatic hydroxyl groups is 1. The van der Waals surface area contributed by atoms with Crippen molar-refractivity contribution >= 4 is 17.6 Å². The van der Waals surface area contributed by atoms with E-state index in [0.29, 0.717) is 31.0 Å². The number of amides is 1. The third-order valence-corrected chi connectivity index (χ3v) is 4.68. The van der Waals surface area contributed by atoms with Gasteiger partial charge in [0.15, 0.2) is 0 Å². The highest BCUT2D eigenvalue weighted by molar-refractivity contribution is 5.79. The monoisotopic (exact) mass is 349 g/mol. The number of hydrogen-bond acceptors (Lipinski definition) is 3. The molecule has 0 saturated heterocycles. The fourth-order valence-electron chi connectivity index (χ4n) is 3.19. The first kappa shape index (κ1) is 17.8. The number of nitrogens with zero attached hydrogens (tertiary/aromatic N) is 1. The van der Waals surface area contributed by atoms with E-state index in [-0.39, 0.29) is 11.7 Å². The Labute approximate surface area is 154 Å². The van der Waals surface area contributed by atoms with Crippen molar-refractivity contribution in [3.63, 3.8) is 0 Å². The molecule has 0 aromatic heterocycles. The topological polar surface area (TPSA) is 49.8 Å². The van der Waals surface area contributed by atoms with Crippen LogP contribution in [0.25, 0.3) is 11.6 Å². The molecule has 0 aliphatic carbocycles. The van der Waals surface area contributed by atoms with Crippen molar-refractivity contribution < 1.29 is 14.6 Å². The predicted molar refractivity (Wildman–Crippen MR) is 104 cm³/mol. The third-order valence-electron chi connectivity index (χ3n) is 4.68. The Morgan fingerprint density at radius 2 is 2.00 bits per heavy atom. The highest BCUT2D eigenvalue weighted by Crippen LogP contribution is 2.31. The molecule has 2 aromatic rings. The molecule has 1 aliphatic heterocycles. The predicted octanol–water partition coefficient (Wildman–Crippen LogP) is 4.12. The van der Waals surface area contributed by atoms with Crippen molar-refractivity contribution in [1.29, 1.82) is 0 Å². The second-order valence-corrected chi connectivity index (χ2v) is 6.32. The summed E-state index contributed by atoms with van der Waals surface area (Å²) < 4.78 is 6.00. The van der Waals surface area contributed by atoms with Crippen LogP contribution in [0.3, 0.4) is 0 Å². The van der Waals surface area contributed by atoms with E-state index in [1.807, 2.05) is 29.2 Å². The molecular weight excluding hydrogens is 326 g/mol. The SMILES string of the molecule is C=Cc1c(O)cccc1OCC1=C(c2ccccc2)CN(C(C)=O)CC1. The number of hydrogen-bond donors (Lipinski definition) is 1. The maximum atomic E-state index is 11.8. The Morgan fingerprint density at radius 3 is 2.69 bits per heavy atom. The minimum absolute atomic E-state index is 0.0836. The molecule has 4 nitrogen and oxygen atoms in total. The van der Waals surface area contributed by atoms with Gasteiger partial charge in [-0.25, -0.2) is 0 Å². The lowest BCUT2D eigenvalue weighted by Crippen LogP contribution is -2.35. The molecular formula is C22H23NO3. The smallest absolute Gasteiger partial charge is 0.219 e. The fourth-order valence-corrected chi connectivity index (χ4v) is 3.19. The van der Waals surface area contributed by atoms with E-state index in [4.69, 9.17) is 4.74 Å². The lowest BCUT2D eigenvalue weighted by Gasteiger charge is -2.30. The maximum Gasteiger partial charge on any atom is 0.219 e. The minimum atomic E-state index is 0.0836. The molecule has 3 rings (SSSR count). The second kappa shape index (κ2) is 7.91. The van der Waals surface area contributed by atoms with Crippen LogP contribution in [0.4, 0.5) is 0 Å². The van der Waals surface area contributed by atoms with Gasteiger partial charge in [0, 0.05) is 20.0 Å². The van der Waals surface area contributed by atoms with Crippen LogP contribution in [0, 0.1) is 0 Å². The number of carbonyl (C=O) groups excluding carboxylic acids is 1. The molecule has 0 bridgehead atoms. The van der Waals surface area contributed by atoms with E-state index >= 15 is 0 Å². The molecule has 0 spiro atoms. The van der Waals surface area contributed by atoms with Crippen molar-refractivity contribution in [2.45, 2.75) is 13.3 Å². The first-order valence-electron chi connectivity index (χ1n) is 8.69. The summed E-state index contributed by atoms with van der Waals surface area (Å²) in [5.41, 5.74) is 4.01. The number of benzene rings is 2. The summed E-state index contributed by atoms with van der Waals surface area (Å²) in [7, 11) is 0. The first-order chi connectivity index (χ1) is 12.6. The molecule has 134 valence electrons. The molecule has 0 unspecified atom stereocenters. The molecule has 1 aliphatic rings. The number of phenols is 1. The van der Waals surface area contributed by atoms with Gasteiger partial charge in [-0.3, -0.25) is 4.79 Å². The van der Waals surface area contributed by atoms with E-state index in [1.54, 1.807) is 25.1 Å². The Hall–Kier alpha value is -3.01. The van der Waals surface area contributed by atoms with Crippen LogP contribution in [0.2, 0.25) is 0 Å². The van der Waals surface area contributed by atoms with Crippen LogP contribution < -0.4 is 4.74 Å². The van der Waals surface area contributed by atoms with Crippen LogP contribution >= 0.6 is 0 Å². The molecule has 26 heavy (non-hydrogen) atoms. The summed E-state index contributed by atoms with van der Waals surface area (Å²) in [6.07, 6.45) is 2.36. The van der Waals surface area contributed by atoms with E-state index in [1.165, 1.54) is 5.57 Å². The van der Waals surface area contributed by atoms with Gasteiger partial charge >= 0.3 is 0 Å². The van der Waals surface area contributed by atoms with Crippen LogP contribution in [-0.4, -0.2) is 35.6 Å². The lowest BCUT2D eigenvalue weighted by molar-refractivity contribution is -0.128. The van der Waals surface area contributed by atoms with Gasteiger partial charge in [0.05, 0.1) is 5.56 Å². The Kier molecular flexibility index (Phi) is 5.42. The zero-order chi connectivity index (χ0) is 18.5. The van der Waals surface area contributed by atoms with E-state index in [0.717, 1.165) is 17.6 Å². The molecule has 0 fully saturated rings. The third kappa shape index (κ3) is 3.80. The van der Waals surface area contributed by atoms with Gasteiger partial charge < -0.3 is 14.7 Å². The van der Waals surface area contributed by atoms with Crippen LogP contribution in [-0.2, 0) is 4.79 Å². The summed E-state index contributed by atoms with van der Waals surface area (Å²) in [5.74, 6) is 0.843. The van der Waals surface area contributed by atoms with Crippen molar-refractivity contribution in [2.75, 3.05) is 19.7 Å². The average Bonchev–Trinajstić information content (AvgIpc) is 2.67. The van der Waals surface area contributed by atoms with Gasteiger partial charge in [-0.2, -0.15) is 0 Å². The van der Waals surface area contributed by atoms with Gasteiger partial charge in [0.2, 0.25) is 5.91 Å². The highest BCUT2D eigenvalue weighted by atomic mass is 16.5. The van der Waals surface area contributed by atoms with Crippen molar-refractivity contribution in [3.05, 3.63) is 71.8 Å². The summed E-state index contributed by atoms with van der Waals surface area (Å²) >= 11 is 0. The van der Waals surface area contributed by atoms with Gasteiger partial charge in [-0.1, -0.05) is 49.1 Å². The first-order valence-corrected chi connectivity index (χ1v) is 8.69. The molecule has 1 heterocycles. The minimum Gasteiger partial charge on any atom is -0.507 e. The molecule has 2 aromatic carbocycles. The summed E-state index contributed by atoms with van der Waals surface area (Å²) in [6, 6.07) is 15.3. The second-order valence-electron chi connectivity index (χ2n) is 6.32. The Balaban J connectivity index is 1.89. The molecule has 0 atom stereocenters. The summed E-state index contributed by atoms with van der Waals surface area (Å²) in [4.78, 5) is 13.7. The standard InChI is InChI=1S/C22H23NO3/c1-3-19-21(25)10-7-11-22(19)26-15-18-12-13-23(16(2)24)14-20(18)17-8-5-4-6-9-17/h3-11,25H,1,12-15H2,2H3. The molecule has 1 N–H and O–H groups in total. The average molecular weight is 349 g/mol. The summed E-state index contributed by atoms with van der Waals surface area (Å²) in [5, 5.41) is 9.95. The zero-order valence-corrected chi connectivity index (χ0v) is 14.9. The van der Waals surface area contributed by atoms with Crippen molar-refractivity contribution in [2.24, 2.45) is 0 Å². The van der Waals surface area contributed by atoms with Gasteiger partial charge in [0.25, 0.3) is 0 Å².